The van der Waals surface area contributed by atoms with Gasteiger partial charge in [-0.1, -0.05) is 24.3 Å². The van der Waals surface area contributed by atoms with Gasteiger partial charge in [-0.15, -0.1) is 0 Å². The SMILES string of the molecule is O=C(CN1C(=O)CCc2cc([N+](=O)[O-])ccc21)N1CCc2ccccc2C1. The van der Waals surface area contributed by atoms with Crippen LogP contribution in [0.15, 0.2) is 42.5 Å². The molecule has 2 aromatic carbocycles. The summed E-state index contributed by atoms with van der Waals surface area (Å²) in [6, 6.07) is 12.5. The molecule has 0 N–H and O–H groups in total. The number of nitro benzene ring substituents is 1. The lowest BCUT2D eigenvalue weighted by atomic mass is 9.99. The van der Waals surface area contributed by atoms with Gasteiger partial charge in [-0.25, -0.2) is 0 Å². The van der Waals surface area contributed by atoms with Gasteiger partial charge in [-0.3, -0.25) is 19.7 Å². The molecular formula is C20H19N3O4. The van der Waals surface area contributed by atoms with Crippen molar-refractivity contribution in [1.29, 1.82) is 0 Å². The summed E-state index contributed by atoms with van der Waals surface area (Å²) in [7, 11) is 0. The lowest BCUT2D eigenvalue weighted by Gasteiger charge is -2.33. The summed E-state index contributed by atoms with van der Waals surface area (Å²) in [6.45, 7) is 1.14. The number of carbonyl (C=O) groups excluding carboxylic acids is 2. The number of hydrogen-bond donors (Lipinski definition) is 0. The number of hydrogen-bond acceptors (Lipinski definition) is 4. The highest BCUT2D eigenvalue weighted by Crippen LogP contribution is 2.31. The van der Waals surface area contributed by atoms with E-state index in [1.54, 1.807) is 11.0 Å². The molecule has 7 heteroatoms. The lowest BCUT2D eigenvalue weighted by molar-refractivity contribution is -0.384. The highest BCUT2D eigenvalue weighted by Gasteiger charge is 2.29. The zero-order valence-electron chi connectivity index (χ0n) is 14.8. The Morgan fingerprint density at radius 3 is 2.59 bits per heavy atom. The Morgan fingerprint density at radius 2 is 1.81 bits per heavy atom. The Hall–Kier alpha value is -3.22. The quantitative estimate of drug-likeness (QED) is 0.618. The van der Waals surface area contributed by atoms with Crippen molar-refractivity contribution in [2.75, 3.05) is 18.0 Å². The van der Waals surface area contributed by atoms with Crippen LogP contribution >= 0.6 is 0 Å². The molecule has 0 saturated heterocycles. The van der Waals surface area contributed by atoms with E-state index in [2.05, 4.69) is 6.07 Å². The molecule has 2 amide bonds. The van der Waals surface area contributed by atoms with Crippen LogP contribution in [0.5, 0.6) is 0 Å². The van der Waals surface area contributed by atoms with E-state index >= 15 is 0 Å². The second kappa shape index (κ2) is 6.83. The first kappa shape index (κ1) is 17.2. The summed E-state index contributed by atoms with van der Waals surface area (Å²) in [5.74, 6) is -0.230. The topological polar surface area (TPSA) is 83.8 Å². The van der Waals surface area contributed by atoms with Crippen molar-refractivity contribution >= 4 is 23.2 Å². The van der Waals surface area contributed by atoms with Gasteiger partial charge in [0.25, 0.3) is 5.69 Å². The zero-order chi connectivity index (χ0) is 19.0. The number of rotatable bonds is 3. The molecule has 0 radical (unpaired) electrons. The molecule has 4 rings (SSSR count). The summed E-state index contributed by atoms with van der Waals surface area (Å²) in [6.07, 6.45) is 1.51. The number of aryl methyl sites for hydroxylation is 1. The molecule has 0 unspecified atom stereocenters. The fraction of sp³-hybridized carbons (Fsp3) is 0.300. The Balaban J connectivity index is 1.53. The smallest absolute Gasteiger partial charge is 0.269 e. The van der Waals surface area contributed by atoms with E-state index in [9.17, 15) is 19.7 Å². The molecule has 2 aromatic rings. The molecule has 0 spiro atoms. The maximum Gasteiger partial charge on any atom is 0.269 e. The molecule has 2 aliphatic heterocycles. The van der Waals surface area contributed by atoms with Crippen LogP contribution in [-0.2, 0) is 29.0 Å². The number of amides is 2. The molecule has 27 heavy (non-hydrogen) atoms. The van der Waals surface area contributed by atoms with Gasteiger partial charge in [-0.2, -0.15) is 0 Å². The van der Waals surface area contributed by atoms with Crippen molar-refractivity contribution in [3.63, 3.8) is 0 Å². The maximum absolute atomic E-state index is 12.8. The first-order chi connectivity index (χ1) is 13.0. The van der Waals surface area contributed by atoms with E-state index in [4.69, 9.17) is 0 Å². The van der Waals surface area contributed by atoms with E-state index in [-0.39, 0.29) is 30.5 Å². The monoisotopic (exact) mass is 365 g/mol. The molecule has 0 atom stereocenters. The van der Waals surface area contributed by atoms with Gasteiger partial charge >= 0.3 is 0 Å². The van der Waals surface area contributed by atoms with Gasteiger partial charge in [0.15, 0.2) is 0 Å². The number of fused-ring (bicyclic) bond motifs is 2. The fourth-order valence-corrected chi connectivity index (χ4v) is 3.78. The van der Waals surface area contributed by atoms with Gasteiger partial charge in [0.1, 0.15) is 6.54 Å². The number of anilines is 1. The van der Waals surface area contributed by atoms with Crippen LogP contribution < -0.4 is 4.90 Å². The molecule has 0 saturated carbocycles. The molecule has 7 nitrogen and oxygen atoms in total. The minimum Gasteiger partial charge on any atom is -0.336 e. The third kappa shape index (κ3) is 3.28. The Kier molecular flexibility index (Phi) is 4.35. The van der Waals surface area contributed by atoms with Crippen molar-refractivity contribution in [1.82, 2.24) is 4.90 Å². The van der Waals surface area contributed by atoms with Crippen LogP contribution in [0.3, 0.4) is 0 Å². The van der Waals surface area contributed by atoms with E-state index in [0.29, 0.717) is 25.2 Å². The van der Waals surface area contributed by atoms with Gasteiger partial charge in [-0.05, 0) is 35.6 Å². The van der Waals surface area contributed by atoms with Crippen LogP contribution in [0.25, 0.3) is 0 Å². The molecule has 0 aliphatic carbocycles. The zero-order valence-corrected chi connectivity index (χ0v) is 14.8. The molecule has 0 aromatic heterocycles. The molecule has 0 fully saturated rings. The largest absolute Gasteiger partial charge is 0.336 e. The van der Waals surface area contributed by atoms with Gasteiger partial charge in [0, 0.05) is 37.3 Å². The first-order valence-electron chi connectivity index (χ1n) is 8.95. The van der Waals surface area contributed by atoms with E-state index in [1.807, 2.05) is 18.2 Å². The average Bonchev–Trinajstić information content (AvgIpc) is 2.69. The van der Waals surface area contributed by atoms with Crippen LogP contribution in [0.4, 0.5) is 11.4 Å². The second-order valence-electron chi connectivity index (χ2n) is 6.88. The van der Waals surface area contributed by atoms with Crippen LogP contribution in [-0.4, -0.2) is 34.7 Å². The van der Waals surface area contributed by atoms with Gasteiger partial charge in [0.2, 0.25) is 11.8 Å². The number of carbonyl (C=O) groups is 2. The van der Waals surface area contributed by atoms with Crippen LogP contribution in [0, 0.1) is 10.1 Å². The Labute approximate surface area is 156 Å². The summed E-state index contributed by atoms with van der Waals surface area (Å²) >= 11 is 0. The summed E-state index contributed by atoms with van der Waals surface area (Å²) in [4.78, 5) is 39.0. The summed E-state index contributed by atoms with van der Waals surface area (Å²) < 4.78 is 0. The second-order valence-corrected chi connectivity index (χ2v) is 6.88. The minimum absolute atomic E-state index is 0.00186. The molecule has 138 valence electrons. The predicted octanol–water partition coefficient (Wildman–Crippen LogP) is 2.46. The molecule has 0 bridgehead atoms. The van der Waals surface area contributed by atoms with Gasteiger partial charge in [0.05, 0.1) is 4.92 Å². The molecular weight excluding hydrogens is 346 g/mol. The third-order valence-corrected chi connectivity index (χ3v) is 5.25. The molecule has 2 aliphatic rings. The van der Waals surface area contributed by atoms with E-state index in [0.717, 1.165) is 17.5 Å². The van der Waals surface area contributed by atoms with Crippen LogP contribution in [0.2, 0.25) is 0 Å². The third-order valence-electron chi connectivity index (χ3n) is 5.25. The van der Waals surface area contributed by atoms with Crippen LogP contribution in [0.1, 0.15) is 23.1 Å². The highest BCUT2D eigenvalue weighted by atomic mass is 16.6. The number of non-ortho nitro benzene ring substituents is 1. The van der Waals surface area contributed by atoms with Crippen molar-refractivity contribution in [2.45, 2.75) is 25.8 Å². The normalized spacial score (nSPS) is 15.9. The number of nitrogens with zero attached hydrogens (tertiary/aromatic N) is 3. The average molecular weight is 365 g/mol. The van der Waals surface area contributed by atoms with Crippen molar-refractivity contribution in [3.8, 4) is 0 Å². The lowest BCUT2D eigenvalue weighted by Crippen LogP contribution is -2.46. The Bertz CT molecular complexity index is 941. The van der Waals surface area contributed by atoms with Crippen molar-refractivity contribution < 1.29 is 14.5 Å². The van der Waals surface area contributed by atoms with Gasteiger partial charge < -0.3 is 9.80 Å². The highest BCUT2D eigenvalue weighted by molar-refractivity contribution is 6.01. The fourth-order valence-electron chi connectivity index (χ4n) is 3.78. The summed E-state index contributed by atoms with van der Waals surface area (Å²) in [5, 5.41) is 11.0. The van der Waals surface area contributed by atoms with E-state index < -0.39 is 4.92 Å². The Morgan fingerprint density at radius 1 is 1.04 bits per heavy atom. The number of benzene rings is 2. The summed E-state index contributed by atoms with van der Waals surface area (Å²) in [5.41, 5.74) is 3.73. The predicted molar refractivity (Wildman–Crippen MR) is 99.3 cm³/mol. The van der Waals surface area contributed by atoms with Crippen molar-refractivity contribution in [3.05, 3.63) is 69.3 Å². The molecule has 2 heterocycles. The minimum atomic E-state index is -0.447. The first-order valence-corrected chi connectivity index (χ1v) is 8.95. The number of nitro groups is 1. The van der Waals surface area contributed by atoms with E-state index in [1.165, 1.54) is 22.6 Å². The maximum atomic E-state index is 12.8. The van der Waals surface area contributed by atoms with Crippen molar-refractivity contribution in [2.24, 2.45) is 0 Å². The standard InChI is InChI=1S/C20H19N3O4/c24-19-8-5-15-11-17(23(26)27)6-7-18(15)22(19)13-20(25)21-10-9-14-3-1-2-4-16(14)12-21/h1-4,6-7,11H,5,8-10,12-13H2.